The lowest BCUT2D eigenvalue weighted by molar-refractivity contribution is -0.129. The molecule has 0 atom stereocenters. The van der Waals surface area contributed by atoms with Gasteiger partial charge in [0, 0.05) is 24.5 Å². The third-order valence-electron chi connectivity index (χ3n) is 5.58. The van der Waals surface area contributed by atoms with Gasteiger partial charge in [0.2, 0.25) is 5.91 Å². The summed E-state index contributed by atoms with van der Waals surface area (Å²) in [5, 5.41) is 2.81. The summed E-state index contributed by atoms with van der Waals surface area (Å²) >= 11 is 1.35. The van der Waals surface area contributed by atoms with Crippen LogP contribution in [0.4, 0.5) is 8.78 Å². The number of amides is 2. The van der Waals surface area contributed by atoms with Crippen LogP contribution >= 0.6 is 11.8 Å². The van der Waals surface area contributed by atoms with E-state index in [1.807, 2.05) is 24.1 Å². The van der Waals surface area contributed by atoms with Crippen LogP contribution in [0.15, 0.2) is 53.4 Å². The molecule has 0 aliphatic heterocycles. The first kappa shape index (κ1) is 24.0. The number of thioether (sulfide) groups is 1. The summed E-state index contributed by atoms with van der Waals surface area (Å²) in [5.74, 6) is 0.0854. The van der Waals surface area contributed by atoms with E-state index >= 15 is 0 Å². The third-order valence-corrected chi connectivity index (χ3v) is 6.63. The molecule has 0 unspecified atom stereocenters. The Kier molecular flexibility index (Phi) is 8.90. The van der Waals surface area contributed by atoms with E-state index in [-0.39, 0.29) is 29.9 Å². The molecule has 3 rings (SSSR count). The molecule has 0 heterocycles. The van der Waals surface area contributed by atoms with Crippen molar-refractivity contribution in [3.63, 3.8) is 0 Å². The van der Waals surface area contributed by atoms with Crippen LogP contribution in [0.5, 0.6) is 5.75 Å². The number of carbonyl (C=O) groups excluding carboxylic acids is 2. The number of benzene rings is 2. The summed E-state index contributed by atoms with van der Waals surface area (Å²) in [6.45, 7) is -2.73. The van der Waals surface area contributed by atoms with Gasteiger partial charge >= 0.3 is 6.61 Å². The summed E-state index contributed by atoms with van der Waals surface area (Å²) in [4.78, 5) is 28.0. The summed E-state index contributed by atoms with van der Waals surface area (Å²) in [6, 6.07) is 13.7. The van der Waals surface area contributed by atoms with E-state index in [0.717, 1.165) is 30.6 Å². The molecule has 1 aliphatic carbocycles. The number of nitrogens with zero attached hydrogens (tertiary/aromatic N) is 1. The molecule has 0 radical (unpaired) electrons. The minimum Gasteiger partial charge on any atom is -0.435 e. The number of hydrogen-bond donors (Lipinski definition) is 1. The zero-order valence-electron chi connectivity index (χ0n) is 18.1. The average Bonchev–Trinajstić information content (AvgIpc) is 2.81. The number of nitrogens with one attached hydrogen (secondary N) is 1. The highest BCUT2D eigenvalue weighted by molar-refractivity contribution is 8.00. The van der Waals surface area contributed by atoms with Gasteiger partial charge in [0.1, 0.15) is 5.75 Å². The highest BCUT2D eigenvalue weighted by Gasteiger charge is 2.22. The lowest BCUT2D eigenvalue weighted by Gasteiger charge is -2.31. The predicted molar refractivity (Wildman–Crippen MR) is 121 cm³/mol. The molecule has 0 saturated heterocycles. The predicted octanol–water partition coefficient (Wildman–Crippen LogP) is 5.10. The van der Waals surface area contributed by atoms with Crippen LogP contribution in [0, 0.1) is 0 Å². The molecule has 1 aliphatic rings. The van der Waals surface area contributed by atoms with Gasteiger partial charge in [-0.2, -0.15) is 8.78 Å². The molecule has 2 amide bonds. The number of alkyl halides is 2. The molecule has 172 valence electrons. The van der Waals surface area contributed by atoms with Crippen LogP contribution in [-0.2, 0) is 11.3 Å². The molecular formula is C24H28F2N2O3S. The van der Waals surface area contributed by atoms with Gasteiger partial charge in [-0.3, -0.25) is 9.59 Å². The lowest BCUT2D eigenvalue weighted by atomic mass is 9.94. The first-order valence-electron chi connectivity index (χ1n) is 10.7. The van der Waals surface area contributed by atoms with Crippen molar-refractivity contribution in [1.29, 1.82) is 0 Å². The van der Waals surface area contributed by atoms with E-state index in [1.165, 1.54) is 30.3 Å². The molecule has 5 nitrogen and oxygen atoms in total. The lowest BCUT2D eigenvalue weighted by Crippen LogP contribution is -2.39. The Morgan fingerprint density at radius 1 is 1.12 bits per heavy atom. The van der Waals surface area contributed by atoms with Crippen molar-refractivity contribution >= 4 is 23.6 Å². The number of ether oxygens (including phenoxy) is 1. The Hall–Kier alpha value is -2.61. The Balaban J connectivity index is 1.57. The fraction of sp³-hybridized carbons (Fsp3) is 0.417. The number of halogens is 2. The number of hydrogen-bond acceptors (Lipinski definition) is 4. The zero-order chi connectivity index (χ0) is 22.9. The normalized spacial score (nSPS) is 14.2. The van der Waals surface area contributed by atoms with Gasteiger partial charge in [0.25, 0.3) is 5.91 Å². The highest BCUT2D eigenvalue weighted by atomic mass is 32.2. The molecule has 32 heavy (non-hydrogen) atoms. The molecule has 0 bridgehead atoms. The summed E-state index contributed by atoms with van der Waals surface area (Å²) < 4.78 is 29.2. The standard InChI is InChI=1S/C24H28F2N2O3S/c1-28(18-9-3-2-4-10-18)22(29)16-32-21-13-6-5-12-20(21)23(30)27-15-17-8-7-11-19(14-17)31-24(25)26/h5-8,11-14,18,24H,2-4,9-10,15-16H2,1H3,(H,27,30). The average molecular weight is 463 g/mol. The minimum absolute atomic E-state index is 0.0447. The van der Waals surface area contributed by atoms with Crippen molar-refractivity contribution in [2.24, 2.45) is 0 Å². The highest BCUT2D eigenvalue weighted by Crippen LogP contribution is 2.26. The molecule has 0 spiro atoms. The zero-order valence-corrected chi connectivity index (χ0v) is 18.9. The van der Waals surface area contributed by atoms with Crippen LogP contribution in [0.25, 0.3) is 0 Å². The fourth-order valence-corrected chi connectivity index (χ4v) is 4.78. The fourth-order valence-electron chi connectivity index (χ4n) is 3.80. The molecular weight excluding hydrogens is 434 g/mol. The summed E-state index contributed by atoms with van der Waals surface area (Å²) in [7, 11) is 1.86. The smallest absolute Gasteiger partial charge is 0.387 e. The Morgan fingerprint density at radius 2 is 1.88 bits per heavy atom. The monoisotopic (exact) mass is 462 g/mol. The first-order chi connectivity index (χ1) is 15.4. The van der Waals surface area contributed by atoms with E-state index in [2.05, 4.69) is 10.1 Å². The maximum Gasteiger partial charge on any atom is 0.387 e. The van der Waals surface area contributed by atoms with E-state index in [1.54, 1.807) is 24.3 Å². The van der Waals surface area contributed by atoms with E-state index in [0.29, 0.717) is 17.2 Å². The Bertz CT molecular complexity index is 920. The SMILES string of the molecule is CN(C(=O)CSc1ccccc1C(=O)NCc1cccc(OC(F)F)c1)C1CCCCC1. The van der Waals surface area contributed by atoms with Gasteiger partial charge in [0.15, 0.2) is 0 Å². The van der Waals surface area contributed by atoms with Gasteiger partial charge < -0.3 is 15.0 Å². The van der Waals surface area contributed by atoms with Gasteiger partial charge in [-0.25, -0.2) is 0 Å². The molecule has 0 aromatic heterocycles. The number of carbonyl (C=O) groups is 2. The molecule has 1 N–H and O–H groups in total. The minimum atomic E-state index is -2.90. The molecule has 2 aromatic carbocycles. The second-order valence-corrected chi connectivity index (χ2v) is 8.81. The second-order valence-electron chi connectivity index (χ2n) is 7.79. The van der Waals surface area contributed by atoms with Crippen LogP contribution < -0.4 is 10.1 Å². The van der Waals surface area contributed by atoms with Gasteiger partial charge in [-0.15, -0.1) is 11.8 Å². The van der Waals surface area contributed by atoms with Gasteiger partial charge in [-0.1, -0.05) is 43.5 Å². The first-order valence-corrected chi connectivity index (χ1v) is 11.7. The van der Waals surface area contributed by atoms with Crippen LogP contribution in [0.1, 0.15) is 48.0 Å². The van der Waals surface area contributed by atoms with Crippen molar-refractivity contribution < 1.29 is 23.1 Å². The van der Waals surface area contributed by atoms with E-state index in [4.69, 9.17) is 0 Å². The van der Waals surface area contributed by atoms with Crippen LogP contribution in [-0.4, -0.2) is 42.2 Å². The topological polar surface area (TPSA) is 58.6 Å². The maximum absolute atomic E-state index is 12.8. The van der Waals surface area contributed by atoms with Crippen molar-refractivity contribution in [3.05, 3.63) is 59.7 Å². The summed E-state index contributed by atoms with van der Waals surface area (Å²) in [5.41, 5.74) is 1.12. The van der Waals surface area contributed by atoms with E-state index < -0.39 is 6.61 Å². The molecule has 8 heteroatoms. The molecule has 1 fully saturated rings. The van der Waals surface area contributed by atoms with Crippen LogP contribution in [0.2, 0.25) is 0 Å². The summed E-state index contributed by atoms with van der Waals surface area (Å²) in [6.07, 6.45) is 5.66. The van der Waals surface area contributed by atoms with Gasteiger partial charge in [-0.05, 0) is 42.7 Å². The van der Waals surface area contributed by atoms with Gasteiger partial charge in [0.05, 0.1) is 11.3 Å². The Morgan fingerprint density at radius 3 is 2.62 bits per heavy atom. The second kappa shape index (κ2) is 11.9. The number of rotatable bonds is 9. The third kappa shape index (κ3) is 6.95. The van der Waals surface area contributed by atoms with Crippen LogP contribution in [0.3, 0.4) is 0 Å². The quantitative estimate of drug-likeness (QED) is 0.527. The Labute approximate surface area is 191 Å². The largest absolute Gasteiger partial charge is 0.435 e. The molecule has 2 aromatic rings. The van der Waals surface area contributed by atoms with Crippen molar-refractivity contribution in [1.82, 2.24) is 10.2 Å². The van der Waals surface area contributed by atoms with E-state index in [9.17, 15) is 18.4 Å². The van der Waals surface area contributed by atoms with Crippen molar-refractivity contribution in [2.75, 3.05) is 12.8 Å². The van der Waals surface area contributed by atoms with Crippen molar-refractivity contribution in [3.8, 4) is 5.75 Å². The molecule has 1 saturated carbocycles. The van der Waals surface area contributed by atoms with Crippen molar-refractivity contribution in [2.45, 2.75) is 56.2 Å². The maximum atomic E-state index is 12.8.